The molecule has 0 saturated heterocycles. The second kappa shape index (κ2) is 4.63. The molecule has 2 heterocycles. The smallest absolute Gasteiger partial charge is 0.145 e. The highest BCUT2D eigenvalue weighted by molar-refractivity contribution is 9.10. The molecular weight excluding hydrogens is 279 g/mol. The molecule has 2 aromatic rings. The molecule has 0 amide bonds. The van der Waals surface area contributed by atoms with Crippen LogP contribution in [0.1, 0.15) is 5.69 Å². The number of H-pyrrole nitrogens is 1. The van der Waals surface area contributed by atoms with E-state index in [1.165, 1.54) is 0 Å². The van der Waals surface area contributed by atoms with Gasteiger partial charge in [0.05, 0.1) is 17.3 Å². The first-order valence-corrected chi connectivity index (χ1v) is 5.46. The Morgan fingerprint density at radius 3 is 3.07 bits per heavy atom. The molecule has 78 valence electrons. The standard InChI is InChI=1S/C9H8BrClN4/c10-6-3-8(11)9(12-4-6)13-5-7-1-2-14-15-7/h1-4H,5H2,(H,12,13)(H,14,15). The molecule has 0 aliphatic carbocycles. The van der Waals surface area contributed by atoms with E-state index in [-0.39, 0.29) is 0 Å². The van der Waals surface area contributed by atoms with Gasteiger partial charge in [0.1, 0.15) is 5.82 Å². The molecule has 4 nitrogen and oxygen atoms in total. The van der Waals surface area contributed by atoms with Crippen molar-refractivity contribution < 1.29 is 0 Å². The molecule has 2 aromatic heterocycles. The van der Waals surface area contributed by atoms with Crippen molar-refractivity contribution in [3.63, 3.8) is 0 Å². The zero-order valence-electron chi connectivity index (χ0n) is 7.67. The lowest BCUT2D eigenvalue weighted by molar-refractivity contribution is 0.974. The minimum Gasteiger partial charge on any atom is -0.363 e. The minimum atomic E-state index is 0.587. The van der Waals surface area contributed by atoms with Crippen molar-refractivity contribution in [1.82, 2.24) is 15.2 Å². The predicted octanol–water partition coefficient (Wildman–Crippen LogP) is 2.83. The lowest BCUT2D eigenvalue weighted by Crippen LogP contribution is -2.02. The first kappa shape index (κ1) is 10.4. The molecule has 0 saturated carbocycles. The van der Waals surface area contributed by atoms with Crippen molar-refractivity contribution in [3.8, 4) is 0 Å². The van der Waals surface area contributed by atoms with Crippen LogP contribution in [0.15, 0.2) is 29.0 Å². The summed E-state index contributed by atoms with van der Waals surface area (Å²) in [5.41, 5.74) is 0.982. The van der Waals surface area contributed by atoms with Crippen LogP contribution in [0.3, 0.4) is 0 Å². The Morgan fingerprint density at radius 2 is 2.40 bits per heavy atom. The largest absolute Gasteiger partial charge is 0.363 e. The summed E-state index contributed by atoms with van der Waals surface area (Å²) in [6.07, 6.45) is 3.40. The quantitative estimate of drug-likeness (QED) is 0.913. The molecule has 2 rings (SSSR count). The van der Waals surface area contributed by atoms with Crippen LogP contribution in [0, 0.1) is 0 Å². The highest BCUT2D eigenvalue weighted by Crippen LogP contribution is 2.22. The van der Waals surface area contributed by atoms with Gasteiger partial charge >= 0.3 is 0 Å². The lowest BCUT2D eigenvalue weighted by atomic mass is 10.4. The highest BCUT2D eigenvalue weighted by atomic mass is 79.9. The molecule has 0 unspecified atom stereocenters. The van der Waals surface area contributed by atoms with Crippen molar-refractivity contribution in [2.24, 2.45) is 0 Å². The molecule has 0 radical (unpaired) electrons. The van der Waals surface area contributed by atoms with Gasteiger partial charge in [0.2, 0.25) is 0 Å². The third-order valence-corrected chi connectivity index (χ3v) is 2.53. The van der Waals surface area contributed by atoms with E-state index in [1.54, 1.807) is 18.5 Å². The van der Waals surface area contributed by atoms with Crippen LogP contribution in [0.2, 0.25) is 5.02 Å². The van der Waals surface area contributed by atoms with Gasteiger partial charge in [-0.2, -0.15) is 5.10 Å². The number of anilines is 1. The zero-order chi connectivity index (χ0) is 10.7. The van der Waals surface area contributed by atoms with Gasteiger partial charge in [-0.1, -0.05) is 11.6 Å². The Morgan fingerprint density at radius 1 is 1.53 bits per heavy atom. The number of nitrogens with one attached hydrogen (secondary N) is 2. The molecular formula is C9H8BrClN4. The Labute approximate surface area is 100 Å². The molecule has 0 atom stereocenters. The summed E-state index contributed by atoms with van der Waals surface area (Å²) < 4.78 is 0.861. The monoisotopic (exact) mass is 286 g/mol. The van der Waals surface area contributed by atoms with E-state index in [1.807, 2.05) is 6.07 Å². The van der Waals surface area contributed by atoms with Gasteiger partial charge in [0, 0.05) is 16.9 Å². The van der Waals surface area contributed by atoms with Gasteiger partial charge in [-0.15, -0.1) is 0 Å². The first-order valence-electron chi connectivity index (χ1n) is 4.29. The number of hydrogen-bond donors (Lipinski definition) is 2. The maximum absolute atomic E-state index is 5.99. The molecule has 15 heavy (non-hydrogen) atoms. The summed E-state index contributed by atoms with van der Waals surface area (Å²) in [6.45, 7) is 0.619. The number of aromatic nitrogens is 3. The van der Waals surface area contributed by atoms with Gasteiger partial charge in [-0.25, -0.2) is 4.98 Å². The summed E-state index contributed by atoms with van der Waals surface area (Å²) in [6, 6.07) is 3.68. The maximum atomic E-state index is 5.99. The topological polar surface area (TPSA) is 53.6 Å². The third kappa shape index (κ3) is 2.70. The van der Waals surface area contributed by atoms with Crippen molar-refractivity contribution in [2.45, 2.75) is 6.54 Å². The molecule has 0 aromatic carbocycles. The van der Waals surface area contributed by atoms with E-state index in [4.69, 9.17) is 11.6 Å². The van der Waals surface area contributed by atoms with Gasteiger partial charge in [0.25, 0.3) is 0 Å². The van der Waals surface area contributed by atoms with E-state index in [0.29, 0.717) is 17.4 Å². The van der Waals surface area contributed by atoms with Crippen molar-refractivity contribution in [2.75, 3.05) is 5.32 Å². The van der Waals surface area contributed by atoms with Gasteiger partial charge < -0.3 is 5.32 Å². The van der Waals surface area contributed by atoms with Gasteiger partial charge in [-0.3, -0.25) is 5.10 Å². The summed E-state index contributed by atoms with van der Waals surface area (Å²) in [4.78, 5) is 4.15. The van der Waals surface area contributed by atoms with Crippen LogP contribution >= 0.6 is 27.5 Å². The van der Waals surface area contributed by atoms with E-state index in [9.17, 15) is 0 Å². The molecule has 0 bridgehead atoms. The Hall–Kier alpha value is -1.07. The summed E-state index contributed by atoms with van der Waals surface area (Å²) in [5.74, 6) is 0.662. The lowest BCUT2D eigenvalue weighted by Gasteiger charge is -2.05. The van der Waals surface area contributed by atoms with Crippen LogP contribution in [-0.4, -0.2) is 15.2 Å². The SMILES string of the molecule is Clc1cc(Br)cnc1NCc1ccn[nH]1. The van der Waals surface area contributed by atoms with E-state index in [2.05, 4.69) is 36.4 Å². The number of halogens is 2. The second-order valence-electron chi connectivity index (χ2n) is 2.92. The Kier molecular flexibility index (Phi) is 3.23. The number of aromatic amines is 1. The fourth-order valence-electron chi connectivity index (χ4n) is 1.11. The van der Waals surface area contributed by atoms with Gasteiger partial charge in [0.15, 0.2) is 0 Å². The average Bonchev–Trinajstić information content (AvgIpc) is 2.69. The summed E-state index contributed by atoms with van der Waals surface area (Å²) in [7, 11) is 0. The number of hydrogen-bond acceptors (Lipinski definition) is 3. The van der Waals surface area contributed by atoms with Crippen LogP contribution in [0.25, 0.3) is 0 Å². The van der Waals surface area contributed by atoms with Gasteiger partial charge in [-0.05, 0) is 28.1 Å². The molecule has 0 aliphatic heterocycles. The number of rotatable bonds is 3. The normalized spacial score (nSPS) is 10.3. The van der Waals surface area contributed by atoms with E-state index >= 15 is 0 Å². The van der Waals surface area contributed by atoms with Crippen LogP contribution < -0.4 is 5.32 Å². The molecule has 0 spiro atoms. The van der Waals surface area contributed by atoms with Crippen LogP contribution in [0.4, 0.5) is 5.82 Å². The highest BCUT2D eigenvalue weighted by Gasteiger charge is 2.02. The fraction of sp³-hybridized carbons (Fsp3) is 0.111. The molecule has 0 aliphatic rings. The molecule has 6 heteroatoms. The minimum absolute atomic E-state index is 0.587. The predicted molar refractivity (Wildman–Crippen MR) is 62.9 cm³/mol. The second-order valence-corrected chi connectivity index (χ2v) is 4.24. The van der Waals surface area contributed by atoms with Crippen LogP contribution in [0.5, 0.6) is 0 Å². The molecule has 2 N–H and O–H groups in total. The Bertz CT molecular complexity index is 443. The average molecular weight is 288 g/mol. The maximum Gasteiger partial charge on any atom is 0.145 e. The number of pyridine rings is 1. The Balaban J connectivity index is 2.05. The fourth-order valence-corrected chi connectivity index (χ4v) is 1.80. The van der Waals surface area contributed by atoms with E-state index < -0.39 is 0 Å². The van der Waals surface area contributed by atoms with Crippen molar-refractivity contribution >= 4 is 33.3 Å². The zero-order valence-corrected chi connectivity index (χ0v) is 10.0. The molecule has 0 fully saturated rings. The first-order chi connectivity index (χ1) is 7.25. The number of nitrogens with zero attached hydrogens (tertiary/aromatic N) is 2. The van der Waals surface area contributed by atoms with E-state index in [0.717, 1.165) is 10.2 Å². The summed E-state index contributed by atoms with van der Waals surface area (Å²) in [5, 5.41) is 10.4. The van der Waals surface area contributed by atoms with Crippen molar-refractivity contribution in [3.05, 3.63) is 39.7 Å². The van der Waals surface area contributed by atoms with Crippen molar-refractivity contribution in [1.29, 1.82) is 0 Å². The van der Waals surface area contributed by atoms with Crippen LogP contribution in [-0.2, 0) is 6.54 Å². The third-order valence-electron chi connectivity index (χ3n) is 1.81. The summed E-state index contributed by atoms with van der Waals surface area (Å²) >= 11 is 9.28.